The summed E-state index contributed by atoms with van der Waals surface area (Å²) in [4.78, 5) is 4.37. The molecule has 0 fully saturated rings. The van der Waals surface area contributed by atoms with E-state index in [-0.39, 0.29) is 0 Å². The van der Waals surface area contributed by atoms with Gasteiger partial charge in [-0.15, -0.1) is 0 Å². The van der Waals surface area contributed by atoms with Gasteiger partial charge in [0.05, 0.1) is 0 Å². The molecule has 2 heterocycles. The summed E-state index contributed by atoms with van der Waals surface area (Å²) >= 11 is 1.33. The molecule has 0 radical (unpaired) electrons. The van der Waals surface area contributed by atoms with E-state index in [1.165, 1.54) is 11.5 Å². The zero-order valence-corrected chi connectivity index (χ0v) is 9.16. The predicted octanol–water partition coefficient (Wildman–Crippen LogP) is 2.15. The molecule has 2 aromatic heterocycles. The average molecular weight is 218 g/mol. The van der Waals surface area contributed by atoms with E-state index in [4.69, 9.17) is 5.26 Å². The first-order valence-corrected chi connectivity index (χ1v) is 5.53. The summed E-state index contributed by atoms with van der Waals surface area (Å²) in [7, 11) is 0. The fraction of sp³-hybridized carbons (Fsp3) is 0.300. The standard InChI is InChI=1S/C10H10N4S/c1-2-4-9-12-10(15-13-9)14-6-3-5-8(14)7-11/h3,5-6H,2,4H2,1H3. The second-order valence-corrected chi connectivity index (χ2v) is 3.85. The van der Waals surface area contributed by atoms with Crippen LogP contribution in [0, 0.1) is 11.3 Å². The van der Waals surface area contributed by atoms with Crippen LogP contribution in [0.3, 0.4) is 0 Å². The van der Waals surface area contributed by atoms with Crippen LogP contribution in [0.1, 0.15) is 24.9 Å². The molecule has 0 unspecified atom stereocenters. The Bertz CT molecular complexity index is 491. The Morgan fingerprint density at radius 1 is 1.60 bits per heavy atom. The highest BCUT2D eigenvalue weighted by Crippen LogP contribution is 2.15. The van der Waals surface area contributed by atoms with Gasteiger partial charge in [-0.1, -0.05) is 6.92 Å². The van der Waals surface area contributed by atoms with Gasteiger partial charge in [-0.25, -0.2) is 4.98 Å². The van der Waals surface area contributed by atoms with Crippen molar-refractivity contribution >= 4 is 11.5 Å². The van der Waals surface area contributed by atoms with Gasteiger partial charge >= 0.3 is 0 Å². The highest BCUT2D eigenvalue weighted by Gasteiger charge is 2.07. The summed E-state index contributed by atoms with van der Waals surface area (Å²) in [6.45, 7) is 2.09. The van der Waals surface area contributed by atoms with Crippen LogP contribution in [0.15, 0.2) is 18.3 Å². The average Bonchev–Trinajstić information content (AvgIpc) is 2.84. The Morgan fingerprint density at radius 2 is 2.47 bits per heavy atom. The summed E-state index contributed by atoms with van der Waals surface area (Å²) in [5.41, 5.74) is 0.592. The quantitative estimate of drug-likeness (QED) is 0.793. The van der Waals surface area contributed by atoms with Crippen LogP contribution in [-0.4, -0.2) is 13.9 Å². The Labute approximate surface area is 92.0 Å². The summed E-state index contributed by atoms with van der Waals surface area (Å²) in [6.07, 6.45) is 3.75. The number of hydrogen-bond donors (Lipinski definition) is 0. The van der Waals surface area contributed by atoms with Gasteiger partial charge in [0.1, 0.15) is 17.6 Å². The number of hydrogen-bond acceptors (Lipinski definition) is 4. The molecule has 0 spiro atoms. The van der Waals surface area contributed by atoms with Gasteiger partial charge in [0, 0.05) is 24.2 Å². The Kier molecular flexibility index (Phi) is 2.79. The van der Waals surface area contributed by atoms with E-state index < -0.39 is 0 Å². The minimum atomic E-state index is 0.592. The van der Waals surface area contributed by atoms with Crippen LogP contribution in [0.4, 0.5) is 0 Å². The molecular weight excluding hydrogens is 208 g/mol. The zero-order chi connectivity index (χ0) is 10.7. The molecule has 0 bridgehead atoms. The molecule has 2 rings (SSSR count). The first-order chi connectivity index (χ1) is 7.35. The molecule has 0 saturated heterocycles. The van der Waals surface area contributed by atoms with Crippen molar-refractivity contribution in [3.05, 3.63) is 29.8 Å². The largest absolute Gasteiger partial charge is 0.283 e. The van der Waals surface area contributed by atoms with Crippen molar-refractivity contribution in [1.29, 1.82) is 5.26 Å². The lowest BCUT2D eigenvalue weighted by molar-refractivity contribution is 0.852. The van der Waals surface area contributed by atoms with Gasteiger partial charge in [-0.05, 0) is 18.6 Å². The minimum absolute atomic E-state index is 0.592. The van der Waals surface area contributed by atoms with E-state index in [2.05, 4.69) is 22.4 Å². The van der Waals surface area contributed by atoms with Crippen molar-refractivity contribution in [2.45, 2.75) is 19.8 Å². The fourth-order valence-corrected chi connectivity index (χ4v) is 2.02. The van der Waals surface area contributed by atoms with E-state index in [1.54, 1.807) is 10.6 Å². The number of aryl methyl sites for hydroxylation is 1. The lowest BCUT2D eigenvalue weighted by atomic mass is 10.3. The molecule has 0 N–H and O–H groups in total. The van der Waals surface area contributed by atoms with Gasteiger partial charge in [-0.2, -0.15) is 9.64 Å². The van der Waals surface area contributed by atoms with E-state index in [0.717, 1.165) is 23.8 Å². The van der Waals surface area contributed by atoms with E-state index in [1.807, 2.05) is 12.3 Å². The third-order valence-corrected chi connectivity index (χ3v) is 2.75. The Balaban J connectivity index is 2.34. The van der Waals surface area contributed by atoms with E-state index >= 15 is 0 Å². The molecule has 0 saturated carbocycles. The Morgan fingerprint density at radius 3 is 3.20 bits per heavy atom. The third kappa shape index (κ3) is 1.90. The lowest BCUT2D eigenvalue weighted by Gasteiger charge is -1.96. The normalized spacial score (nSPS) is 10.1. The van der Waals surface area contributed by atoms with Crippen molar-refractivity contribution < 1.29 is 0 Å². The highest BCUT2D eigenvalue weighted by atomic mass is 32.1. The maximum atomic E-state index is 8.86. The minimum Gasteiger partial charge on any atom is -0.283 e. The van der Waals surface area contributed by atoms with Crippen molar-refractivity contribution in [3.63, 3.8) is 0 Å². The summed E-state index contributed by atoms with van der Waals surface area (Å²) < 4.78 is 6.00. The van der Waals surface area contributed by atoms with Crippen LogP contribution in [-0.2, 0) is 6.42 Å². The summed E-state index contributed by atoms with van der Waals surface area (Å²) in [6, 6.07) is 5.71. The van der Waals surface area contributed by atoms with Crippen LogP contribution < -0.4 is 0 Å². The van der Waals surface area contributed by atoms with Crippen LogP contribution in [0.5, 0.6) is 0 Å². The maximum Gasteiger partial charge on any atom is 0.214 e. The molecule has 0 aliphatic rings. The first kappa shape index (κ1) is 9.87. The van der Waals surface area contributed by atoms with E-state index in [9.17, 15) is 0 Å². The number of aromatic nitrogens is 3. The van der Waals surface area contributed by atoms with Gasteiger partial charge < -0.3 is 0 Å². The van der Waals surface area contributed by atoms with Gasteiger partial charge in [0.2, 0.25) is 5.13 Å². The molecule has 5 heteroatoms. The molecule has 0 amide bonds. The zero-order valence-electron chi connectivity index (χ0n) is 8.34. The van der Waals surface area contributed by atoms with Crippen molar-refractivity contribution in [3.8, 4) is 11.2 Å². The number of nitrogens with zero attached hydrogens (tertiary/aromatic N) is 4. The van der Waals surface area contributed by atoms with Gasteiger partial charge in [0.15, 0.2) is 0 Å². The number of nitriles is 1. The van der Waals surface area contributed by atoms with Crippen LogP contribution in [0.25, 0.3) is 5.13 Å². The molecule has 15 heavy (non-hydrogen) atoms. The second-order valence-electron chi connectivity index (χ2n) is 3.12. The molecule has 76 valence electrons. The molecule has 0 aliphatic carbocycles. The van der Waals surface area contributed by atoms with E-state index in [0.29, 0.717) is 5.69 Å². The molecule has 2 aromatic rings. The first-order valence-electron chi connectivity index (χ1n) is 4.75. The molecule has 0 atom stereocenters. The topological polar surface area (TPSA) is 54.5 Å². The van der Waals surface area contributed by atoms with Crippen molar-refractivity contribution in [2.24, 2.45) is 0 Å². The molecule has 0 aromatic carbocycles. The summed E-state index contributed by atoms with van der Waals surface area (Å²) in [5, 5.41) is 9.63. The monoisotopic (exact) mass is 218 g/mol. The molecule has 0 aliphatic heterocycles. The maximum absolute atomic E-state index is 8.86. The van der Waals surface area contributed by atoms with Crippen LogP contribution >= 0.6 is 11.5 Å². The van der Waals surface area contributed by atoms with Crippen molar-refractivity contribution in [1.82, 2.24) is 13.9 Å². The highest BCUT2D eigenvalue weighted by molar-refractivity contribution is 7.08. The number of rotatable bonds is 3. The summed E-state index contributed by atoms with van der Waals surface area (Å²) in [5.74, 6) is 0.857. The second kappa shape index (κ2) is 4.24. The van der Waals surface area contributed by atoms with Gasteiger partial charge in [-0.3, -0.25) is 4.57 Å². The molecular formula is C10H10N4S. The Hall–Kier alpha value is -1.67. The van der Waals surface area contributed by atoms with Crippen molar-refractivity contribution in [2.75, 3.05) is 0 Å². The lowest BCUT2D eigenvalue weighted by Crippen LogP contribution is -1.95. The predicted molar refractivity (Wildman–Crippen MR) is 57.9 cm³/mol. The third-order valence-electron chi connectivity index (χ3n) is 2.00. The van der Waals surface area contributed by atoms with Gasteiger partial charge in [0.25, 0.3) is 0 Å². The SMILES string of the molecule is CCCc1nsc(-n2cccc2C#N)n1. The fourth-order valence-electron chi connectivity index (χ4n) is 1.31. The van der Waals surface area contributed by atoms with Crippen LogP contribution in [0.2, 0.25) is 0 Å². The molecule has 4 nitrogen and oxygen atoms in total. The smallest absolute Gasteiger partial charge is 0.214 e.